The van der Waals surface area contributed by atoms with Gasteiger partial charge in [-0.05, 0) is 52.0 Å². The van der Waals surface area contributed by atoms with Crippen LogP contribution >= 0.6 is 0 Å². The standard InChI is InChI=1S/C16H34N2/c1-7-14-8-9-15(17-6)16(10-14)18(13(4)5)11-12(2)3/h12-17H,7-11H2,1-6H3. The van der Waals surface area contributed by atoms with Gasteiger partial charge in [0.1, 0.15) is 0 Å². The second kappa shape index (κ2) is 7.49. The molecule has 0 aromatic heterocycles. The van der Waals surface area contributed by atoms with Crippen LogP contribution in [0.25, 0.3) is 0 Å². The summed E-state index contributed by atoms with van der Waals surface area (Å²) in [6.45, 7) is 13.0. The minimum absolute atomic E-state index is 0.656. The van der Waals surface area contributed by atoms with Crippen molar-refractivity contribution < 1.29 is 0 Å². The van der Waals surface area contributed by atoms with Crippen LogP contribution in [-0.4, -0.2) is 36.6 Å². The van der Waals surface area contributed by atoms with E-state index < -0.39 is 0 Å². The summed E-state index contributed by atoms with van der Waals surface area (Å²) >= 11 is 0. The van der Waals surface area contributed by atoms with Gasteiger partial charge in [0, 0.05) is 24.7 Å². The molecule has 0 heterocycles. The summed E-state index contributed by atoms with van der Waals surface area (Å²) in [6, 6.07) is 2.08. The molecule has 2 heteroatoms. The van der Waals surface area contributed by atoms with Crippen LogP contribution in [0.4, 0.5) is 0 Å². The van der Waals surface area contributed by atoms with E-state index in [-0.39, 0.29) is 0 Å². The monoisotopic (exact) mass is 254 g/mol. The Morgan fingerprint density at radius 2 is 1.83 bits per heavy atom. The van der Waals surface area contributed by atoms with Crippen LogP contribution in [0, 0.1) is 11.8 Å². The minimum Gasteiger partial charge on any atom is -0.315 e. The molecule has 1 N–H and O–H groups in total. The first-order valence-electron chi connectivity index (χ1n) is 7.92. The predicted octanol–water partition coefficient (Wildman–Crippen LogP) is 3.52. The van der Waals surface area contributed by atoms with Gasteiger partial charge in [-0.2, -0.15) is 0 Å². The number of likely N-dealkylation sites (N-methyl/N-ethyl adjacent to an activating group) is 1. The summed E-state index contributed by atoms with van der Waals surface area (Å²) in [5, 5.41) is 3.57. The van der Waals surface area contributed by atoms with Crippen molar-refractivity contribution in [3.63, 3.8) is 0 Å². The molecule has 1 aliphatic carbocycles. The Bertz CT molecular complexity index is 225. The summed E-state index contributed by atoms with van der Waals surface area (Å²) in [6.07, 6.45) is 5.49. The van der Waals surface area contributed by atoms with Crippen molar-refractivity contribution in [2.45, 2.75) is 78.4 Å². The Morgan fingerprint density at radius 1 is 1.17 bits per heavy atom. The van der Waals surface area contributed by atoms with E-state index in [4.69, 9.17) is 0 Å². The summed E-state index contributed by atoms with van der Waals surface area (Å²) < 4.78 is 0. The van der Waals surface area contributed by atoms with Crippen LogP contribution in [0.5, 0.6) is 0 Å². The zero-order valence-electron chi connectivity index (χ0n) is 13.4. The van der Waals surface area contributed by atoms with Crippen molar-refractivity contribution in [3.8, 4) is 0 Å². The third kappa shape index (κ3) is 4.24. The fourth-order valence-electron chi connectivity index (χ4n) is 3.46. The quantitative estimate of drug-likeness (QED) is 0.780. The van der Waals surface area contributed by atoms with E-state index >= 15 is 0 Å². The van der Waals surface area contributed by atoms with Crippen LogP contribution < -0.4 is 5.32 Å². The smallest absolute Gasteiger partial charge is 0.0254 e. The Labute approximate surface area is 115 Å². The van der Waals surface area contributed by atoms with Gasteiger partial charge in [0.05, 0.1) is 0 Å². The number of hydrogen-bond donors (Lipinski definition) is 1. The van der Waals surface area contributed by atoms with Gasteiger partial charge in [-0.15, -0.1) is 0 Å². The highest BCUT2D eigenvalue weighted by molar-refractivity contribution is 4.91. The average Bonchev–Trinajstić information content (AvgIpc) is 2.34. The molecule has 1 rings (SSSR count). The molecule has 0 aliphatic heterocycles. The number of nitrogens with one attached hydrogen (secondary N) is 1. The summed E-state index contributed by atoms with van der Waals surface area (Å²) in [7, 11) is 2.14. The van der Waals surface area contributed by atoms with Crippen LogP contribution in [0.3, 0.4) is 0 Å². The first-order chi connectivity index (χ1) is 8.49. The Hall–Kier alpha value is -0.0800. The van der Waals surface area contributed by atoms with E-state index in [1.165, 1.54) is 32.2 Å². The van der Waals surface area contributed by atoms with E-state index in [1.54, 1.807) is 0 Å². The molecule has 3 unspecified atom stereocenters. The van der Waals surface area contributed by atoms with Crippen LogP contribution in [0.15, 0.2) is 0 Å². The van der Waals surface area contributed by atoms with E-state index in [2.05, 4.69) is 51.9 Å². The molecule has 0 spiro atoms. The van der Waals surface area contributed by atoms with Gasteiger partial charge in [-0.1, -0.05) is 27.2 Å². The van der Waals surface area contributed by atoms with E-state index in [0.29, 0.717) is 12.1 Å². The van der Waals surface area contributed by atoms with E-state index in [1.807, 2.05) is 0 Å². The van der Waals surface area contributed by atoms with Crippen molar-refractivity contribution in [2.75, 3.05) is 13.6 Å². The average molecular weight is 254 g/mol. The first kappa shape index (κ1) is 16.0. The van der Waals surface area contributed by atoms with Gasteiger partial charge in [-0.3, -0.25) is 4.90 Å². The molecule has 1 saturated carbocycles. The lowest BCUT2D eigenvalue weighted by Gasteiger charge is -2.45. The molecule has 0 aromatic rings. The highest BCUT2D eigenvalue weighted by atomic mass is 15.2. The second-order valence-corrected chi connectivity index (χ2v) is 6.73. The van der Waals surface area contributed by atoms with Crippen molar-refractivity contribution in [3.05, 3.63) is 0 Å². The molecule has 18 heavy (non-hydrogen) atoms. The van der Waals surface area contributed by atoms with Crippen LogP contribution in [0.2, 0.25) is 0 Å². The first-order valence-corrected chi connectivity index (χ1v) is 7.92. The third-order valence-electron chi connectivity index (χ3n) is 4.54. The molecular formula is C16H34N2. The number of hydrogen-bond acceptors (Lipinski definition) is 2. The molecule has 3 atom stereocenters. The fourth-order valence-corrected chi connectivity index (χ4v) is 3.46. The largest absolute Gasteiger partial charge is 0.315 e. The highest BCUT2D eigenvalue weighted by Gasteiger charge is 2.34. The van der Waals surface area contributed by atoms with Gasteiger partial charge < -0.3 is 5.32 Å². The second-order valence-electron chi connectivity index (χ2n) is 6.73. The molecular weight excluding hydrogens is 220 g/mol. The lowest BCUT2D eigenvalue weighted by Crippen LogP contribution is -2.55. The topological polar surface area (TPSA) is 15.3 Å². The maximum atomic E-state index is 3.57. The summed E-state index contributed by atoms with van der Waals surface area (Å²) in [5.74, 6) is 1.69. The van der Waals surface area contributed by atoms with Gasteiger partial charge in [0.15, 0.2) is 0 Å². The Morgan fingerprint density at radius 3 is 2.28 bits per heavy atom. The summed E-state index contributed by atoms with van der Waals surface area (Å²) in [5.41, 5.74) is 0. The number of rotatable bonds is 6. The SMILES string of the molecule is CCC1CCC(NC)C(N(CC(C)C)C(C)C)C1. The molecule has 0 saturated heterocycles. The number of nitrogens with zero attached hydrogens (tertiary/aromatic N) is 1. The van der Waals surface area contributed by atoms with Crippen molar-refractivity contribution in [1.82, 2.24) is 10.2 Å². The molecule has 108 valence electrons. The minimum atomic E-state index is 0.656. The zero-order chi connectivity index (χ0) is 13.7. The maximum Gasteiger partial charge on any atom is 0.0254 e. The van der Waals surface area contributed by atoms with Crippen molar-refractivity contribution in [2.24, 2.45) is 11.8 Å². The molecule has 0 radical (unpaired) electrons. The van der Waals surface area contributed by atoms with Crippen molar-refractivity contribution in [1.29, 1.82) is 0 Å². The lowest BCUT2D eigenvalue weighted by atomic mass is 9.79. The predicted molar refractivity (Wildman–Crippen MR) is 80.9 cm³/mol. The zero-order valence-corrected chi connectivity index (χ0v) is 13.4. The van der Waals surface area contributed by atoms with E-state index in [9.17, 15) is 0 Å². The van der Waals surface area contributed by atoms with Gasteiger partial charge >= 0.3 is 0 Å². The maximum absolute atomic E-state index is 3.57. The van der Waals surface area contributed by atoms with Gasteiger partial charge in [-0.25, -0.2) is 0 Å². The van der Waals surface area contributed by atoms with Crippen LogP contribution in [0.1, 0.15) is 60.3 Å². The van der Waals surface area contributed by atoms with Gasteiger partial charge in [0.25, 0.3) is 0 Å². The molecule has 2 nitrogen and oxygen atoms in total. The van der Waals surface area contributed by atoms with Crippen molar-refractivity contribution >= 4 is 0 Å². The third-order valence-corrected chi connectivity index (χ3v) is 4.54. The normalized spacial score (nSPS) is 29.5. The molecule has 0 amide bonds. The lowest BCUT2D eigenvalue weighted by molar-refractivity contribution is 0.0627. The molecule has 1 fully saturated rings. The Balaban J connectivity index is 2.76. The fraction of sp³-hybridized carbons (Fsp3) is 1.00. The molecule has 1 aliphatic rings. The van der Waals surface area contributed by atoms with Crippen LogP contribution in [-0.2, 0) is 0 Å². The van der Waals surface area contributed by atoms with E-state index in [0.717, 1.165) is 17.9 Å². The van der Waals surface area contributed by atoms with Gasteiger partial charge in [0.2, 0.25) is 0 Å². The summed E-state index contributed by atoms with van der Waals surface area (Å²) in [4.78, 5) is 2.74. The highest BCUT2D eigenvalue weighted by Crippen LogP contribution is 2.31. The molecule has 0 aromatic carbocycles. The Kier molecular flexibility index (Phi) is 6.65. The molecule has 0 bridgehead atoms.